The van der Waals surface area contributed by atoms with Gasteiger partial charge in [-0.3, -0.25) is 4.79 Å². The number of carbonyl (C=O) groups is 1. The maximum Gasteiger partial charge on any atom is 0.275 e. The van der Waals surface area contributed by atoms with Crippen molar-refractivity contribution in [3.05, 3.63) is 60.3 Å². The van der Waals surface area contributed by atoms with Crippen molar-refractivity contribution in [2.45, 2.75) is 0 Å². The summed E-state index contributed by atoms with van der Waals surface area (Å²) in [7, 11) is 0. The van der Waals surface area contributed by atoms with Crippen LogP contribution in [-0.4, -0.2) is 47.2 Å². The highest BCUT2D eigenvalue weighted by molar-refractivity contribution is 6.08. The molecule has 1 aliphatic rings. The van der Waals surface area contributed by atoms with Crippen LogP contribution >= 0.6 is 0 Å². The molecule has 1 amide bonds. The summed E-state index contributed by atoms with van der Waals surface area (Å²) in [6.45, 7) is 3.04. The Morgan fingerprint density at radius 3 is 2.29 bits per heavy atom. The van der Waals surface area contributed by atoms with Crippen LogP contribution in [0.3, 0.4) is 0 Å². The molecule has 0 atom stereocenters. The Morgan fingerprint density at radius 1 is 0.875 bits per heavy atom. The van der Waals surface area contributed by atoms with E-state index in [9.17, 15) is 4.79 Å². The van der Waals surface area contributed by atoms with Crippen molar-refractivity contribution >= 4 is 16.7 Å². The van der Waals surface area contributed by atoms with Crippen LogP contribution in [0.15, 0.2) is 54.6 Å². The van der Waals surface area contributed by atoms with E-state index in [-0.39, 0.29) is 5.91 Å². The zero-order chi connectivity index (χ0) is 16.4. The number of nitrogens with zero attached hydrogens (tertiary/aromatic N) is 3. The number of hydrogen-bond donors (Lipinski definition) is 1. The van der Waals surface area contributed by atoms with Crippen molar-refractivity contribution < 1.29 is 4.79 Å². The minimum Gasteiger partial charge on any atom is -0.335 e. The first-order chi connectivity index (χ1) is 11.8. The van der Waals surface area contributed by atoms with Crippen LogP contribution in [0.4, 0.5) is 0 Å². The van der Waals surface area contributed by atoms with Gasteiger partial charge in [0.25, 0.3) is 5.91 Å². The molecule has 5 heteroatoms. The molecule has 120 valence electrons. The fourth-order valence-electron chi connectivity index (χ4n) is 3.09. The van der Waals surface area contributed by atoms with E-state index in [2.05, 4.69) is 15.5 Å². The molecule has 5 nitrogen and oxygen atoms in total. The number of rotatable bonds is 2. The van der Waals surface area contributed by atoms with Crippen LogP contribution in [0.25, 0.3) is 22.0 Å². The summed E-state index contributed by atoms with van der Waals surface area (Å²) in [5, 5.41) is 13.7. The van der Waals surface area contributed by atoms with E-state index in [0.717, 1.165) is 35.1 Å². The first-order valence-electron chi connectivity index (χ1n) is 8.15. The number of nitrogens with one attached hydrogen (secondary N) is 1. The lowest BCUT2D eigenvalue weighted by Crippen LogP contribution is -2.46. The number of carbonyl (C=O) groups excluding carboxylic acids is 1. The quantitative estimate of drug-likeness (QED) is 0.788. The third-order valence-electron chi connectivity index (χ3n) is 4.34. The third kappa shape index (κ3) is 2.63. The largest absolute Gasteiger partial charge is 0.335 e. The molecule has 1 aliphatic heterocycles. The molecular formula is C19H18N4O. The van der Waals surface area contributed by atoms with Gasteiger partial charge >= 0.3 is 0 Å². The van der Waals surface area contributed by atoms with Gasteiger partial charge in [-0.25, -0.2) is 0 Å². The third-order valence-corrected chi connectivity index (χ3v) is 4.34. The highest BCUT2D eigenvalue weighted by Gasteiger charge is 2.22. The van der Waals surface area contributed by atoms with Crippen molar-refractivity contribution in [1.29, 1.82) is 0 Å². The van der Waals surface area contributed by atoms with E-state index in [0.29, 0.717) is 18.8 Å². The second kappa shape index (κ2) is 6.37. The molecule has 0 bridgehead atoms. The maximum absolute atomic E-state index is 12.9. The predicted molar refractivity (Wildman–Crippen MR) is 93.7 cm³/mol. The van der Waals surface area contributed by atoms with Crippen LogP contribution in [0.1, 0.15) is 10.5 Å². The molecule has 0 aliphatic carbocycles. The molecule has 4 rings (SSSR count). The van der Waals surface area contributed by atoms with Crippen LogP contribution in [0, 0.1) is 0 Å². The fraction of sp³-hybridized carbons (Fsp3) is 0.211. The number of hydrogen-bond acceptors (Lipinski definition) is 4. The topological polar surface area (TPSA) is 58.1 Å². The average Bonchev–Trinajstić information content (AvgIpc) is 2.68. The number of benzene rings is 2. The second-order valence-electron chi connectivity index (χ2n) is 5.85. The standard InChI is InChI=1S/C19H18N4O/c24-19(23-12-10-20-11-13-23)18-16-9-5-4-8-15(16)17(21-22-18)14-6-2-1-3-7-14/h1-9,20H,10-13H2. The fourth-order valence-corrected chi connectivity index (χ4v) is 3.09. The number of amides is 1. The van der Waals surface area contributed by atoms with Gasteiger partial charge in [-0.05, 0) is 0 Å². The van der Waals surface area contributed by atoms with Crippen molar-refractivity contribution in [2.24, 2.45) is 0 Å². The Kier molecular flexibility index (Phi) is 3.92. The Hall–Kier alpha value is -2.79. The molecule has 0 unspecified atom stereocenters. The zero-order valence-corrected chi connectivity index (χ0v) is 13.3. The van der Waals surface area contributed by atoms with E-state index in [1.807, 2.05) is 59.5 Å². The van der Waals surface area contributed by atoms with Crippen LogP contribution < -0.4 is 5.32 Å². The average molecular weight is 318 g/mol. The smallest absolute Gasteiger partial charge is 0.275 e. The van der Waals surface area contributed by atoms with E-state index in [1.165, 1.54) is 0 Å². The summed E-state index contributed by atoms with van der Waals surface area (Å²) in [6, 6.07) is 17.8. The zero-order valence-electron chi connectivity index (χ0n) is 13.3. The molecule has 2 aromatic carbocycles. The van der Waals surface area contributed by atoms with Crippen molar-refractivity contribution in [1.82, 2.24) is 20.4 Å². The van der Waals surface area contributed by atoms with Crippen molar-refractivity contribution in [3.8, 4) is 11.3 Å². The molecule has 0 radical (unpaired) electrons. The summed E-state index contributed by atoms with van der Waals surface area (Å²) < 4.78 is 0. The molecule has 2 heterocycles. The van der Waals surface area contributed by atoms with Gasteiger partial charge in [-0.15, -0.1) is 10.2 Å². The van der Waals surface area contributed by atoms with E-state index in [1.54, 1.807) is 0 Å². The highest BCUT2D eigenvalue weighted by atomic mass is 16.2. The van der Waals surface area contributed by atoms with Gasteiger partial charge in [-0.2, -0.15) is 0 Å². The molecule has 1 aromatic heterocycles. The maximum atomic E-state index is 12.9. The van der Waals surface area contributed by atoms with Gasteiger partial charge < -0.3 is 10.2 Å². The summed E-state index contributed by atoms with van der Waals surface area (Å²) in [5.74, 6) is -0.0418. The monoisotopic (exact) mass is 318 g/mol. The Morgan fingerprint density at radius 2 is 1.54 bits per heavy atom. The van der Waals surface area contributed by atoms with E-state index in [4.69, 9.17) is 0 Å². The van der Waals surface area contributed by atoms with Gasteiger partial charge in [-0.1, -0.05) is 54.6 Å². The number of piperazine rings is 1. The van der Waals surface area contributed by atoms with Crippen LogP contribution in [-0.2, 0) is 0 Å². The van der Waals surface area contributed by atoms with Gasteiger partial charge in [0.1, 0.15) is 5.69 Å². The van der Waals surface area contributed by atoms with Crippen molar-refractivity contribution in [2.75, 3.05) is 26.2 Å². The second-order valence-corrected chi connectivity index (χ2v) is 5.85. The Labute approximate surface area is 140 Å². The SMILES string of the molecule is O=C(c1nnc(-c2ccccc2)c2ccccc12)N1CCNCC1. The predicted octanol–water partition coefficient (Wildman–Crippen LogP) is 2.34. The summed E-state index contributed by atoms with van der Waals surface area (Å²) in [6.07, 6.45) is 0. The Bertz CT molecular complexity index is 873. The lowest BCUT2D eigenvalue weighted by atomic mass is 10.0. The van der Waals surface area contributed by atoms with Gasteiger partial charge in [0.05, 0.1) is 0 Å². The Balaban J connectivity index is 1.83. The van der Waals surface area contributed by atoms with Crippen LogP contribution in [0.2, 0.25) is 0 Å². The molecule has 0 spiro atoms. The summed E-state index contributed by atoms with van der Waals surface area (Å²) in [4.78, 5) is 14.7. The van der Waals surface area contributed by atoms with Gasteiger partial charge in [0.15, 0.2) is 5.69 Å². The number of fused-ring (bicyclic) bond motifs is 1. The molecule has 1 saturated heterocycles. The van der Waals surface area contributed by atoms with Crippen LogP contribution in [0.5, 0.6) is 0 Å². The molecule has 0 saturated carbocycles. The molecule has 1 N–H and O–H groups in total. The van der Waals surface area contributed by atoms with E-state index >= 15 is 0 Å². The molecule has 1 fully saturated rings. The number of aromatic nitrogens is 2. The lowest BCUT2D eigenvalue weighted by Gasteiger charge is -2.27. The first-order valence-corrected chi connectivity index (χ1v) is 8.15. The molecular weight excluding hydrogens is 300 g/mol. The van der Waals surface area contributed by atoms with Gasteiger partial charge in [0.2, 0.25) is 0 Å². The molecule has 24 heavy (non-hydrogen) atoms. The normalized spacial score (nSPS) is 14.8. The van der Waals surface area contributed by atoms with E-state index < -0.39 is 0 Å². The summed E-state index contributed by atoms with van der Waals surface area (Å²) in [5.41, 5.74) is 2.25. The van der Waals surface area contributed by atoms with Crippen molar-refractivity contribution in [3.63, 3.8) is 0 Å². The molecule has 3 aromatic rings. The first kappa shape index (κ1) is 14.8. The van der Waals surface area contributed by atoms with Gasteiger partial charge in [0, 0.05) is 42.5 Å². The minimum absolute atomic E-state index is 0.0418. The highest BCUT2D eigenvalue weighted by Crippen LogP contribution is 2.27. The lowest BCUT2D eigenvalue weighted by molar-refractivity contribution is 0.0731. The summed E-state index contributed by atoms with van der Waals surface area (Å²) >= 11 is 0. The minimum atomic E-state index is -0.0418.